The van der Waals surface area contributed by atoms with Gasteiger partial charge in [0.15, 0.2) is 0 Å². The Bertz CT molecular complexity index is 373. The maximum absolute atomic E-state index is 6.12. The molecular weight excluding hydrogens is 220 g/mol. The average molecular weight is 246 g/mol. The summed E-state index contributed by atoms with van der Waals surface area (Å²) in [5, 5.41) is 0. The number of benzene rings is 1. The van der Waals surface area contributed by atoms with Crippen LogP contribution in [0.3, 0.4) is 0 Å². The van der Waals surface area contributed by atoms with Crippen LogP contribution in [0.25, 0.3) is 0 Å². The third-order valence-electron chi connectivity index (χ3n) is 4.09. The molecule has 0 bridgehead atoms. The normalized spacial score (nSPS) is 22.6. The molecule has 2 heteroatoms. The largest absolute Gasteiger partial charge is 0.368 e. The Kier molecular flexibility index (Phi) is 4.65. The van der Waals surface area contributed by atoms with Crippen LogP contribution >= 0.6 is 0 Å². The van der Waals surface area contributed by atoms with Crippen LogP contribution in [0.4, 0.5) is 5.69 Å². The van der Waals surface area contributed by atoms with Gasteiger partial charge in [-0.2, -0.15) is 0 Å². The van der Waals surface area contributed by atoms with Crippen molar-refractivity contribution in [3.63, 3.8) is 0 Å². The van der Waals surface area contributed by atoms with E-state index in [1.54, 1.807) is 0 Å². The predicted octanol–water partition coefficient (Wildman–Crippen LogP) is 3.87. The average Bonchev–Trinajstić information content (AvgIpc) is 2.63. The minimum Gasteiger partial charge on any atom is -0.368 e. The summed E-state index contributed by atoms with van der Waals surface area (Å²) in [5.41, 5.74) is 8.77. The number of nitrogens with zero attached hydrogens (tertiary/aromatic N) is 1. The summed E-state index contributed by atoms with van der Waals surface area (Å²) in [6.07, 6.45) is 6.60. The minimum absolute atomic E-state index is 0.113. The van der Waals surface area contributed by atoms with Crippen LogP contribution in [0.15, 0.2) is 24.3 Å². The second-order valence-electron chi connectivity index (χ2n) is 5.45. The van der Waals surface area contributed by atoms with Crippen molar-refractivity contribution < 1.29 is 0 Å². The Balaban J connectivity index is 2.32. The van der Waals surface area contributed by atoms with Crippen molar-refractivity contribution in [3.8, 4) is 0 Å². The second-order valence-corrected chi connectivity index (χ2v) is 5.45. The van der Waals surface area contributed by atoms with E-state index in [-0.39, 0.29) is 6.04 Å². The maximum atomic E-state index is 6.12. The van der Waals surface area contributed by atoms with Gasteiger partial charge in [-0.25, -0.2) is 0 Å². The summed E-state index contributed by atoms with van der Waals surface area (Å²) < 4.78 is 0. The van der Waals surface area contributed by atoms with Crippen LogP contribution in [0.5, 0.6) is 0 Å². The van der Waals surface area contributed by atoms with Crippen molar-refractivity contribution >= 4 is 5.69 Å². The van der Waals surface area contributed by atoms with Crippen LogP contribution < -0.4 is 10.6 Å². The van der Waals surface area contributed by atoms with Gasteiger partial charge in [-0.05, 0) is 37.8 Å². The van der Waals surface area contributed by atoms with E-state index in [1.165, 1.54) is 49.9 Å². The molecule has 2 atom stereocenters. The first kappa shape index (κ1) is 13.4. The molecule has 2 N–H and O–H groups in total. The monoisotopic (exact) mass is 246 g/mol. The summed E-state index contributed by atoms with van der Waals surface area (Å²) in [6.45, 7) is 5.57. The third-order valence-corrected chi connectivity index (χ3v) is 4.09. The summed E-state index contributed by atoms with van der Waals surface area (Å²) >= 11 is 0. The van der Waals surface area contributed by atoms with Gasteiger partial charge in [0.2, 0.25) is 0 Å². The summed E-state index contributed by atoms with van der Waals surface area (Å²) in [7, 11) is 0. The van der Waals surface area contributed by atoms with E-state index in [0.717, 1.165) is 0 Å². The quantitative estimate of drug-likeness (QED) is 0.877. The van der Waals surface area contributed by atoms with Gasteiger partial charge < -0.3 is 10.6 Å². The molecule has 1 aliphatic rings. The van der Waals surface area contributed by atoms with Crippen molar-refractivity contribution in [3.05, 3.63) is 29.8 Å². The molecule has 1 unspecified atom stereocenters. The zero-order chi connectivity index (χ0) is 13.0. The fourth-order valence-corrected chi connectivity index (χ4v) is 3.05. The second kappa shape index (κ2) is 6.24. The van der Waals surface area contributed by atoms with Crippen LogP contribution in [-0.4, -0.2) is 12.6 Å². The van der Waals surface area contributed by atoms with Crippen LogP contribution in [-0.2, 0) is 0 Å². The van der Waals surface area contributed by atoms with Gasteiger partial charge in [-0.15, -0.1) is 0 Å². The van der Waals surface area contributed by atoms with E-state index < -0.39 is 0 Å². The molecular formula is C16H26N2. The lowest BCUT2D eigenvalue weighted by Crippen LogP contribution is -2.35. The number of hydrogen-bond donors (Lipinski definition) is 1. The predicted molar refractivity (Wildman–Crippen MR) is 78.9 cm³/mol. The number of rotatable bonds is 3. The fraction of sp³-hybridized carbons (Fsp3) is 0.625. The molecule has 0 aliphatic carbocycles. The molecule has 1 aromatic rings. The number of nitrogens with two attached hydrogens (primary N) is 1. The lowest BCUT2D eigenvalue weighted by atomic mass is 10.0. The Labute approximate surface area is 111 Å². The zero-order valence-corrected chi connectivity index (χ0v) is 11.7. The van der Waals surface area contributed by atoms with Crippen molar-refractivity contribution in [2.45, 2.75) is 58.0 Å². The van der Waals surface area contributed by atoms with Crippen LogP contribution in [0.1, 0.15) is 57.6 Å². The smallest absolute Gasteiger partial charge is 0.0417 e. The Morgan fingerprint density at radius 2 is 2.06 bits per heavy atom. The Morgan fingerprint density at radius 1 is 1.28 bits per heavy atom. The standard InChI is InChI=1S/C16H26N2/c1-3-14-9-5-4-8-12-18(14)16-11-7-6-10-15(16)13(2)17/h6-7,10-11,13-14H,3-5,8-9,12,17H2,1-2H3/t13-,14?/m0/s1. The van der Waals surface area contributed by atoms with Gasteiger partial charge >= 0.3 is 0 Å². The first-order valence-corrected chi connectivity index (χ1v) is 7.35. The van der Waals surface area contributed by atoms with E-state index in [9.17, 15) is 0 Å². The van der Waals surface area contributed by atoms with Crippen molar-refractivity contribution in [1.82, 2.24) is 0 Å². The van der Waals surface area contributed by atoms with E-state index in [2.05, 4.69) is 43.0 Å². The highest BCUT2D eigenvalue weighted by atomic mass is 15.2. The number of para-hydroxylation sites is 1. The van der Waals surface area contributed by atoms with Gasteiger partial charge in [0.25, 0.3) is 0 Å². The van der Waals surface area contributed by atoms with Crippen LogP contribution in [0.2, 0.25) is 0 Å². The molecule has 0 amide bonds. The highest BCUT2D eigenvalue weighted by molar-refractivity contribution is 5.55. The molecule has 2 rings (SSSR count). The van der Waals surface area contributed by atoms with Gasteiger partial charge in [0, 0.05) is 24.3 Å². The SMILES string of the molecule is CCC1CCCCCN1c1ccccc1[C@H](C)N. The van der Waals surface area contributed by atoms with Gasteiger partial charge in [-0.3, -0.25) is 0 Å². The van der Waals surface area contributed by atoms with E-state index in [1.807, 2.05) is 0 Å². The molecule has 1 aliphatic heterocycles. The highest BCUT2D eigenvalue weighted by Crippen LogP contribution is 2.31. The molecule has 1 heterocycles. The highest BCUT2D eigenvalue weighted by Gasteiger charge is 2.22. The molecule has 0 spiro atoms. The minimum atomic E-state index is 0.113. The van der Waals surface area contributed by atoms with E-state index >= 15 is 0 Å². The van der Waals surface area contributed by atoms with Crippen molar-refractivity contribution in [2.24, 2.45) is 5.73 Å². The maximum Gasteiger partial charge on any atom is 0.0417 e. The third kappa shape index (κ3) is 2.86. The molecule has 1 saturated heterocycles. The fourth-order valence-electron chi connectivity index (χ4n) is 3.05. The number of anilines is 1. The molecule has 18 heavy (non-hydrogen) atoms. The Hall–Kier alpha value is -1.02. The van der Waals surface area contributed by atoms with Gasteiger partial charge in [-0.1, -0.05) is 38.0 Å². The summed E-state index contributed by atoms with van der Waals surface area (Å²) in [5.74, 6) is 0. The van der Waals surface area contributed by atoms with Crippen LogP contribution in [0, 0.1) is 0 Å². The van der Waals surface area contributed by atoms with Crippen molar-refractivity contribution in [1.29, 1.82) is 0 Å². The lowest BCUT2D eigenvalue weighted by Gasteiger charge is -2.33. The number of hydrogen-bond acceptors (Lipinski definition) is 2. The van der Waals surface area contributed by atoms with Gasteiger partial charge in [0.1, 0.15) is 0 Å². The zero-order valence-electron chi connectivity index (χ0n) is 11.7. The summed E-state index contributed by atoms with van der Waals surface area (Å²) in [4.78, 5) is 2.60. The molecule has 1 aromatic carbocycles. The van der Waals surface area contributed by atoms with Crippen molar-refractivity contribution in [2.75, 3.05) is 11.4 Å². The first-order valence-electron chi connectivity index (χ1n) is 7.35. The first-order chi connectivity index (χ1) is 8.74. The molecule has 2 nitrogen and oxygen atoms in total. The molecule has 0 saturated carbocycles. The molecule has 0 radical (unpaired) electrons. The van der Waals surface area contributed by atoms with E-state index in [0.29, 0.717) is 6.04 Å². The topological polar surface area (TPSA) is 29.3 Å². The molecule has 1 fully saturated rings. The van der Waals surface area contributed by atoms with E-state index in [4.69, 9.17) is 5.73 Å². The van der Waals surface area contributed by atoms with Gasteiger partial charge in [0.05, 0.1) is 0 Å². The molecule has 100 valence electrons. The lowest BCUT2D eigenvalue weighted by molar-refractivity contribution is 0.553. The molecule has 0 aromatic heterocycles. The Morgan fingerprint density at radius 3 is 2.78 bits per heavy atom. The summed E-state index contributed by atoms with van der Waals surface area (Å²) in [6, 6.07) is 9.46.